The van der Waals surface area contributed by atoms with E-state index in [0.29, 0.717) is 23.3 Å². The first-order valence-electron chi connectivity index (χ1n) is 7.41. The summed E-state index contributed by atoms with van der Waals surface area (Å²) >= 11 is 6.07. The second-order valence-corrected chi connectivity index (χ2v) is 5.81. The number of amides is 1. The highest BCUT2D eigenvalue weighted by Gasteiger charge is 2.31. The molecule has 1 N–H and O–H groups in total. The summed E-state index contributed by atoms with van der Waals surface area (Å²) < 4.78 is 2.00. The molecule has 1 heterocycles. The van der Waals surface area contributed by atoms with Crippen LogP contribution >= 0.6 is 11.6 Å². The van der Waals surface area contributed by atoms with Gasteiger partial charge in [0.25, 0.3) is 5.91 Å². The van der Waals surface area contributed by atoms with Gasteiger partial charge in [0.2, 0.25) is 0 Å². The molecular formula is C15H23ClN2O2. The average Bonchev–Trinajstić information content (AvgIpc) is 3.21. The van der Waals surface area contributed by atoms with Crippen molar-refractivity contribution in [1.29, 1.82) is 0 Å². The Balaban J connectivity index is 2.26. The molecule has 1 saturated carbocycles. The number of carbonyl (C=O) groups is 1. The lowest BCUT2D eigenvalue weighted by Gasteiger charge is -2.30. The molecule has 0 aliphatic heterocycles. The molecule has 1 aromatic heterocycles. The number of aliphatic hydroxyl groups is 1. The van der Waals surface area contributed by atoms with Gasteiger partial charge >= 0.3 is 0 Å². The summed E-state index contributed by atoms with van der Waals surface area (Å²) in [6.45, 7) is 4.50. The predicted molar refractivity (Wildman–Crippen MR) is 80.2 cm³/mol. The van der Waals surface area contributed by atoms with Gasteiger partial charge in [-0.3, -0.25) is 4.79 Å². The monoisotopic (exact) mass is 298 g/mol. The SMILES string of the molecule is CCC(CC)N(CCO)C(=O)c1cc(Cl)cn1C1CC1. The Morgan fingerprint density at radius 1 is 1.50 bits per heavy atom. The maximum absolute atomic E-state index is 12.8. The topological polar surface area (TPSA) is 45.5 Å². The summed E-state index contributed by atoms with van der Waals surface area (Å²) in [6.07, 6.45) is 5.84. The van der Waals surface area contributed by atoms with Crippen LogP contribution in [-0.4, -0.2) is 39.7 Å². The van der Waals surface area contributed by atoms with Crippen molar-refractivity contribution in [3.05, 3.63) is 23.0 Å². The molecule has 1 aliphatic carbocycles. The van der Waals surface area contributed by atoms with E-state index in [1.54, 1.807) is 11.0 Å². The molecule has 0 spiro atoms. The summed E-state index contributed by atoms with van der Waals surface area (Å²) in [6, 6.07) is 2.32. The van der Waals surface area contributed by atoms with Crippen LogP contribution in [0.3, 0.4) is 0 Å². The van der Waals surface area contributed by atoms with E-state index in [1.165, 1.54) is 0 Å². The van der Waals surface area contributed by atoms with Crippen molar-refractivity contribution in [3.8, 4) is 0 Å². The van der Waals surface area contributed by atoms with E-state index in [4.69, 9.17) is 11.6 Å². The van der Waals surface area contributed by atoms with Crippen LogP contribution in [0, 0.1) is 0 Å². The van der Waals surface area contributed by atoms with E-state index in [-0.39, 0.29) is 18.6 Å². The molecule has 0 unspecified atom stereocenters. The van der Waals surface area contributed by atoms with E-state index < -0.39 is 0 Å². The minimum Gasteiger partial charge on any atom is -0.395 e. The van der Waals surface area contributed by atoms with E-state index in [1.807, 2.05) is 10.8 Å². The first-order valence-corrected chi connectivity index (χ1v) is 7.79. The molecule has 0 atom stereocenters. The lowest BCUT2D eigenvalue weighted by Crippen LogP contribution is -2.42. The van der Waals surface area contributed by atoms with Gasteiger partial charge in [-0.2, -0.15) is 0 Å². The number of halogens is 1. The smallest absolute Gasteiger partial charge is 0.270 e. The maximum Gasteiger partial charge on any atom is 0.270 e. The van der Waals surface area contributed by atoms with Gasteiger partial charge in [0, 0.05) is 24.8 Å². The molecule has 2 rings (SSSR count). The first kappa shape index (κ1) is 15.4. The molecule has 1 amide bonds. The van der Waals surface area contributed by atoms with Crippen LogP contribution in [-0.2, 0) is 0 Å². The van der Waals surface area contributed by atoms with Gasteiger partial charge in [-0.05, 0) is 31.7 Å². The number of nitrogens with zero attached hydrogens (tertiary/aromatic N) is 2. The van der Waals surface area contributed by atoms with Gasteiger partial charge in [0.05, 0.1) is 11.6 Å². The Morgan fingerprint density at radius 2 is 2.15 bits per heavy atom. The lowest BCUT2D eigenvalue weighted by atomic mass is 10.1. The quantitative estimate of drug-likeness (QED) is 0.841. The van der Waals surface area contributed by atoms with Gasteiger partial charge in [-0.1, -0.05) is 25.4 Å². The molecule has 20 heavy (non-hydrogen) atoms. The highest BCUT2D eigenvalue weighted by Crippen LogP contribution is 2.37. The third-order valence-corrected chi connectivity index (χ3v) is 4.17. The van der Waals surface area contributed by atoms with E-state index in [9.17, 15) is 9.90 Å². The highest BCUT2D eigenvalue weighted by molar-refractivity contribution is 6.31. The number of aromatic nitrogens is 1. The molecule has 1 fully saturated rings. The fourth-order valence-electron chi connectivity index (χ4n) is 2.71. The van der Waals surface area contributed by atoms with Gasteiger partial charge in [-0.25, -0.2) is 0 Å². The predicted octanol–water partition coefficient (Wildman–Crippen LogP) is 3.10. The number of hydrogen-bond donors (Lipinski definition) is 1. The van der Waals surface area contributed by atoms with Crippen molar-refractivity contribution >= 4 is 17.5 Å². The van der Waals surface area contributed by atoms with Crippen molar-refractivity contribution in [2.45, 2.75) is 51.6 Å². The Morgan fingerprint density at radius 3 is 2.65 bits per heavy atom. The molecule has 1 aliphatic rings. The Hall–Kier alpha value is -1.00. The zero-order chi connectivity index (χ0) is 14.7. The first-order chi connectivity index (χ1) is 9.62. The number of aliphatic hydroxyl groups excluding tert-OH is 1. The van der Waals surface area contributed by atoms with Crippen LogP contribution < -0.4 is 0 Å². The summed E-state index contributed by atoms with van der Waals surface area (Å²) in [5, 5.41) is 9.85. The number of rotatable bonds is 7. The van der Waals surface area contributed by atoms with Crippen LogP contribution in [0.1, 0.15) is 56.1 Å². The van der Waals surface area contributed by atoms with Gasteiger partial charge in [0.1, 0.15) is 5.69 Å². The summed E-state index contributed by atoms with van der Waals surface area (Å²) in [4.78, 5) is 14.6. The van der Waals surface area contributed by atoms with Crippen LogP contribution in [0.5, 0.6) is 0 Å². The third-order valence-electron chi connectivity index (χ3n) is 3.96. The largest absolute Gasteiger partial charge is 0.395 e. The Bertz CT molecular complexity index is 464. The van der Waals surface area contributed by atoms with Crippen molar-refractivity contribution in [3.63, 3.8) is 0 Å². The summed E-state index contributed by atoms with van der Waals surface area (Å²) in [7, 11) is 0. The fourth-order valence-corrected chi connectivity index (χ4v) is 2.91. The highest BCUT2D eigenvalue weighted by atomic mass is 35.5. The average molecular weight is 299 g/mol. The summed E-state index contributed by atoms with van der Waals surface area (Å²) in [5.41, 5.74) is 0.651. The van der Waals surface area contributed by atoms with Gasteiger partial charge in [0.15, 0.2) is 0 Å². The molecule has 4 nitrogen and oxygen atoms in total. The molecule has 0 saturated heterocycles. The van der Waals surface area contributed by atoms with Crippen molar-refractivity contribution in [1.82, 2.24) is 9.47 Å². The molecule has 5 heteroatoms. The molecule has 1 aromatic rings. The van der Waals surface area contributed by atoms with Crippen LogP contribution in [0.15, 0.2) is 12.3 Å². The molecular weight excluding hydrogens is 276 g/mol. The zero-order valence-corrected chi connectivity index (χ0v) is 12.9. The van der Waals surface area contributed by atoms with Crippen LogP contribution in [0.25, 0.3) is 0 Å². The van der Waals surface area contributed by atoms with Gasteiger partial charge < -0.3 is 14.6 Å². The van der Waals surface area contributed by atoms with Crippen LogP contribution in [0.2, 0.25) is 5.02 Å². The Labute approximate surface area is 125 Å². The second-order valence-electron chi connectivity index (χ2n) is 5.37. The molecule has 0 aromatic carbocycles. The van der Waals surface area contributed by atoms with Crippen molar-refractivity contribution < 1.29 is 9.90 Å². The lowest BCUT2D eigenvalue weighted by molar-refractivity contribution is 0.0611. The number of carbonyl (C=O) groups excluding carboxylic acids is 1. The van der Waals surface area contributed by atoms with Crippen molar-refractivity contribution in [2.24, 2.45) is 0 Å². The van der Waals surface area contributed by atoms with Crippen molar-refractivity contribution in [2.75, 3.05) is 13.2 Å². The second kappa shape index (κ2) is 6.64. The fraction of sp³-hybridized carbons (Fsp3) is 0.667. The van der Waals surface area contributed by atoms with Crippen LogP contribution in [0.4, 0.5) is 0 Å². The standard InChI is InChI=1S/C15H23ClN2O2/c1-3-12(4-2)17(7-8-19)15(20)14-9-11(16)10-18(14)13-5-6-13/h9-10,12-13,19H,3-8H2,1-2H3. The van der Waals surface area contributed by atoms with E-state index >= 15 is 0 Å². The van der Waals surface area contributed by atoms with E-state index in [2.05, 4.69) is 13.8 Å². The third kappa shape index (κ3) is 3.18. The summed E-state index contributed by atoms with van der Waals surface area (Å²) in [5.74, 6) is -0.0217. The minimum atomic E-state index is -0.0217. The molecule has 112 valence electrons. The number of hydrogen-bond acceptors (Lipinski definition) is 2. The zero-order valence-electron chi connectivity index (χ0n) is 12.2. The normalized spacial score (nSPS) is 14.8. The van der Waals surface area contributed by atoms with E-state index in [0.717, 1.165) is 25.7 Å². The van der Waals surface area contributed by atoms with Gasteiger partial charge in [-0.15, -0.1) is 0 Å². The minimum absolute atomic E-state index is 0.0138. The maximum atomic E-state index is 12.8. The molecule has 0 bridgehead atoms. The molecule has 0 radical (unpaired) electrons. The Kier molecular flexibility index (Phi) is 5.11.